The standard InChI is InChI=1S/C16H13FO4.C10H10O3/c1-20-12-4-6-15(17)14(8-12)13-5-3-10(16(19)21-2)7-11(13)9-18;1-7-3-4-8(10(12)13-2)5-9(7)6-11/h3-9H,1-2H3;3-6H,1-2H3. The molecule has 0 spiro atoms. The van der Waals surface area contributed by atoms with E-state index in [1.54, 1.807) is 12.1 Å². The summed E-state index contributed by atoms with van der Waals surface area (Å²) in [6.45, 7) is 1.81. The first-order valence-corrected chi connectivity index (χ1v) is 9.95. The van der Waals surface area contributed by atoms with Crippen molar-refractivity contribution in [3.63, 3.8) is 0 Å². The van der Waals surface area contributed by atoms with Gasteiger partial charge < -0.3 is 14.2 Å². The van der Waals surface area contributed by atoms with E-state index >= 15 is 0 Å². The zero-order chi connectivity index (χ0) is 25.3. The molecule has 0 amide bonds. The van der Waals surface area contributed by atoms with Gasteiger partial charge in [-0.3, -0.25) is 9.59 Å². The molecule has 3 aromatic rings. The van der Waals surface area contributed by atoms with Gasteiger partial charge in [0.1, 0.15) is 17.9 Å². The van der Waals surface area contributed by atoms with E-state index in [2.05, 4.69) is 9.47 Å². The lowest BCUT2D eigenvalue weighted by molar-refractivity contribution is 0.0591. The molecule has 0 N–H and O–H groups in total. The highest BCUT2D eigenvalue weighted by atomic mass is 19.1. The number of halogens is 1. The fourth-order valence-electron chi connectivity index (χ4n) is 3.00. The van der Waals surface area contributed by atoms with Gasteiger partial charge in [0.2, 0.25) is 0 Å². The smallest absolute Gasteiger partial charge is 0.337 e. The van der Waals surface area contributed by atoms with E-state index in [0.717, 1.165) is 11.8 Å². The Balaban J connectivity index is 0.000000270. The third kappa shape index (κ3) is 6.13. The van der Waals surface area contributed by atoms with Crippen LogP contribution in [0.15, 0.2) is 54.6 Å². The average molecular weight is 466 g/mol. The first-order valence-electron chi connectivity index (χ1n) is 9.95. The van der Waals surface area contributed by atoms with Crippen LogP contribution in [0.25, 0.3) is 11.1 Å². The van der Waals surface area contributed by atoms with Gasteiger partial charge in [0.05, 0.1) is 32.5 Å². The number of hydrogen-bond acceptors (Lipinski definition) is 7. The Morgan fingerprint density at radius 1 is 0.735 bits per heavy atom. The van der Waals surface area contributed by atoms with Gasteiger partial charge >= 0.3 is 11.9 Å². The predicted octanol–water partition coefficient (Wildman–Crippen LogP) is 4.69. The third-order valence-electron chi connectivity index (χ3n) is 4.89. The topological polar surface area (TPSA) is 96.0 Å². The first kappa shape index (κ1) is 25.9. The molecule has 7 nitrogen and oxygen atoms in total. The van der Waals surface area contributed by atoms with Crippen LogP contribution in [0.1, 0.15) is 47.0 Å². The maximum absolute atomic E-state index is 14.0. The van der Waals surface area contributed by atoms with Crippen molar-refractivity contribution < 1.29 is 37.8 Å². The van der Waals surface area contributed by atoms with Crippen LogP contribution in [0.3, 0.4) is 0 Å². The minimum atomic E-state index is -0.559. The molecule has 0 bridgehead atoms. The summed E-state index contributed by atoms with van der Waals surface area (Å²) in [6, 6.07) is 13.5. The molecule has 0 heterocycles. The van der Waals surface area contributed by atoms with E-state index < -0.39 is 17.8 Å². The number of carbonyl (C=O) groups is 4. The number of esters is 2. The van der Waals surface area contributed by atoms with Crippen molar-refractivity contribution in [3.8, 4) is 16.9 Å². The van der Waals surface area contributed by atoms with E-state index in [-0.39, 0.29) is 16.7 Å². The van der Waals surface area contributed by atoms with Crippen molar-refractivity contribution in [2.45, 2.75) is 6.92 Å². The Labute approximate surface area is 196 Å². The van der Waals surface area contributed by atoms with Crippen molar-refractivity contribution in [2.24, 2.45) is 0 Å². The van der Waals surface area contributed by atoms with Gasteiger partial charge in [-0.15, -0.1) is 0 Å². The molecule has 0 unspecified atom stereocenters. The summed E-state index contributed by atoms with van der Waals surface area (Å²) in [5.41, 5.74) is 2.80. The van der Waals surface area contributed by atoms with Crippen molar-refractivity contribution >= 4 is 24.5 Å². The second-order valence-corrected chi connectivity index (χ2v) is 6.94. The van der Waals surface area contributed by atoms with Crippen LogP contribution >= 0.6 is 0 Å². The third-order valence-corrected chi connectivity index (χ3v) is 4.89. The zero-order valence-electron chi connectivity index (χ0n) is 19.1. The molecule has 0 fully saturated rings. The van der Waals surface area contributed by atoms with Crippen molar-refractivity contribution in [2.75, 3.05) is 21.3 Å². The summed E-state index contributed by atoms with van der Waals surface area (Å²) < 4.78 is 28.1. The molecule has 0 saturated heterocycles. The minimum absolute atomic E-state index is 0.199. The van der Waals surface area contributed by atoms with Crippen LogP contribution in [-0.4, -0.2) is 45.8 Å². The Hall–Kier alpha value is -4.33. The van der Waals surface area contributed by atoms with Gasteiger partial charge in [0.25, 0.3) is 0 Å². The maximum atomic E-state index is 14.0. The molecule has 0 aliphatic rings. The highest BCUT2D eigenvalue weighted by molar-refractivity contribution is 5.95. The number of benzene rings is 3. The van der Waals surface area contributed by atoms with Gasteiger partial charge in [-0.2, -0.15) is 0 Å². The second-order valence-electron chi connectivity index (χ2n) is 6.94. The summed E-state index contributed by atoms with van der Waals surface area (Å²) in [5, 5.41) is 0. The minimum Gasteiger partial charge on any atom is -0.497 e. The van der Waals surface area contributed by atoms with Crippen LogP contribution in [0.4, 0.5) is 4.39 Å². The van der Waals surface area contributed by atoms with E-state index in [1.807, 2.05) is 6.92 Å². The fraction of sp³-hybridized carbons (Fsp3) is 0.154. The van der Waals surface area contributed by atoms with Crippen LogP contribution in [-0.2, 0) is 9.47 Å². The average Bonchev–Trinajstić information content (AvgIpc) is 2.88. The molecule has 3 rings (SSSR count). The Morgan fingerprint density at radius 3 is 1.82 bits per heavy atom. The van der Waals surface area contributed by atoms with Crippen molar-refractivity contribution in [1.82, 2.24) is 0 Å². The fourth-order valence-corrected chi connectivity index (χ4v) is 3.00. The molecule has 176 valence electrons. The summed E-state index contributed by atoms with van der Waals surface area (Å²) in [5.74, 6) is -0.996. The Kier molecular flexibility index (Phi) is 9.19. The summed E-state index contributed by atoms with van der Waals surface area (Å²) in [6.07, 6.45) is 1.29. The molecular weight excluding hydrogens is 443 g/mol. The molecule has 0 atom stereocenters. The van der Waals surface area contributed by atoms with Crippen LogP contribution in [0.2, 0.25) is 0 Å². The molecule has 0 aliphatic carbocycles. The van der Waals surface area contributed by atoms with E-state index in [1.165, 1.54) is 63.8 Å². The molecule has 8 heteroatoms. The normalized spacial score (nSPS) is 9.79. The lowest BCUT2D eigenvalue weighted by Crippen LogP contribution is -2.03. The number of ether oxygens (including phenoxy) is 3. The van der Waals surface area contributed by atoms with Crippen LogP contribution in [0, 0.1) is 12.7 Å². The van der Waals surface area contributed by atoms with Gasteiger partial charge in [0, 0.05) is 16.7 Å². The number of aryl methyl sites for hydroxylation is 1. The molecule has 0 aromatic heterocycles. The highest BCUT2D eigenvalue weighted by Crippen LogP contribution is 2.30. The summed E-state index contributed by atoms with van der Waals surface area (Å²) >= 11 is 0. The van der Waals surface area contributed by atoms with Gasteiger partial charge in [0.15, 0.2) is 6.29 Å². The summed E-state index contributed by atoms with van der Waals surface area (Å²) in [4.78, 5) is 44.3. The van der Waals surface area contributed by atoms with Crippen molar-refractivity contribution in [3.05, 3.63) is 88.2 Å². The lowest BCUT2D eigenvalue weighted by atomic mass is 9.97. The van der Waals surface area contributed by atoms with E-state index in [9.17, 15) is 23.6 Å². The monoisotopic (exact) mass is 466 g/mol. The van der Waals surface area contributed by atoms with E-state index in [4.69, 9.17) is 4.74 Å². The number of methoxy groups -OCH3 is 3. The van der Waals surface area contributed by atoms with Crippen LogP contribution in [0.5, 0.6) is 5.75 Å². The Morgan fingerprint density at radius 2 is 1.29 bits per heavy atom. The Bertz CT molecular complexity index is 1220. The second kappa shape index (κ2) is 12.1. The van der Waals surface area contributed by atoms with Gasteiger partial charge in [-0.1, -0.05) is 12.1 Å². The number of hydrogen-bond donors (Lipinski definition) is 0. The van der Waals surface area contributed by atoms with Crippen LogP contribution < -0.4 is 4.74 Å². The molecule has 0 radical (unpaired) electrons. The molecule has 3 aromatic carbocycles. The maximum Gasteiger partial charge on any atom is 0.337 e. The van der Waals surface area contributed by atoms with Crippen molar-refractivity contribution in [1.29, 1.82) is 0 Å². The molecular formula is C26H23FO7. The van der Waals surface area contributed by atoms with E-state index in [0.29, 0.717) is 28.7 Å². The molecule has 34 heavy (non-hydrogen) atoms. The number of rotatable bonds is 6. The van der Waals surface area contributed by atoms with Gasteiger partial charge in [-0.25, -0.2) is 14.0 Å². The molecule has 0 aliphatic heterocycles. The predicted molar refractivity (Wildman–Crippen MR) is 123 cm³/mol. The molecule has 0 saturated carbocycles. The first-order chi connectivity index (χ1) is 16.3. The summed E-state index contributed by atoms with van der Waals surface area (Å²) in [7, 11) is 4.03. The number of aldehydes is 2. The SMILES string of the molecule is COC(=O)c1ccc(-c2cc(OC)ccc2F)c(C=O)c1.COC(=O)c1ccc(C)c(C=O)c1. The zero-order valence-corrected chi connectivity index (χ0v) is 19.1. The highest BCUT2D eigenvalue weighted by Gasteiger charge is 2.14. The largest absolute Gasteiger partial charge is 0.497 e. The van der Waals surface area contributed by atoms with Gasteiger partial charge in [-0.05, 0) is 60.5 Å². The number of carbonyl (C=O) groups excluding carboxylic acids is 4. The quantitative estimate of drug-likeness (QED) is 0.384. The lowest BCUT2D eigenvalue weighted by Gasteiger charge is -2.10.